The average Bonchev–Trinajstić information content (AvgIpc) is 1.97. The van der Waals surface area contributed by atoms with Gasteiger partial charge in [0.25, 0.3) is 0 Å². The summed E-state index contributed by atoms with van der Waals surface area (Å²) in [6.07, 6.45) is 1.51. The number of rotatable bonds is 0. The maximum absolute atomic E-state index is 5.49. The van der Waals surface area contributed by atoms with Gasteiger partial charge in [-0.2, -0.15) is 0 Å². The Morgan fingerprint density at radius 2 is 1.91 bits per heavy atom. The van der Waals surface area contributed by atoms with Crippen LogP contribution in [0.1, 0.15) is 0 Å². The van der Waals surface area contributed by atoms with Crippen molar-refractivity contribution in [2.24, 2.45) is 0 Å². The molecule has 0 aliphatic heterocycles. The lowest BCUT2D eigenvalue weighted by molar-refractivity contribution is 1.34. The Hall–Kier alpha value is -0.180. The highest BCUT2D eigenvalue weighted by molar-refractivity contribution is 6.40. The van der Waals surface area contributed by atoms with E-state index in [0.29, 0.717) is 10.8 Å². The number of hydrogen-bond acceptors (Lipinski definition) is 2. The highest BCUT2D eigenvalue weighted by atomic mass is 35.5. The number of nitrogens with two attached hydrogens (primary N) is 1. The van der Waals surface area contributed by atoms with Crippen LogP contribution in [0.25, 0.3) is 0 Å². The van der Waals surface area contributed by atoms with Crippen LogP contribution in [0, 0.1) is 0 Å². The van der Waals surface area contributed by atoms with Crippen LogP contribution in [0.4, 0.5) is 5.82 Å². The third-order valence-corrected chi connectivity index (χ3v) is 0.974. The van der Waals surface area contributed by atoms with Gasteiger partial charge < -0.3 is 5.73 Å². The van der Waals surface area contributed by atoms with Crippen LogP contribution in [-0.4, -0.2) is 10.3 Å². The summed E-state index contributed by atoms with van der Waals surface area (Å²) in [5.41, 5.74) is 5.26. The molecule has 1 aromatic heterocycles. The van der Waals surface area contributed by atoms with E-state index in [4.69, 9.17) is 40.5 Å². The first-order valence-corrected chi connectivity index (χ1v) is 4.14. The number of halogens is 3. The summed E-state index contributed by atoms with van der Waals surface area (Å²) in [5.74, 6) is 0.495. The molecule has 0 aromatic carbocycles. The molecule has 0 saturated carbocycles. The Kier molecular flexibility index (Phi) is 6.42. The third-order valence-electron chi connectivity index (χ3n) is 0.750. The summed E-state index contributed by atoms with van der Waals surface area (Å²) < 4.78 is 0. The smallest absolute Gasteiger partial charge is 0.123 e. The predicted octanol–water partition coefficient (Wildman–Crippen LogP) is 2.74. The first-order chi connectivity index (χ1) is 5.20. The summed E-state index contributed by atoms with van der Waals surface area (Å²) in [6, 6.07) is 3.35. The van der Waals surface area contributed by atoms with Gasteiger partial charge in [0.1, 0.15) is 5.82 Å². The normalized spacial score (nSPS) is 8.27. The second-order valence-corrected chi connectivity index (χ2v) is 2.75. The number of nitrogens with zero attached hydrogens (tertiary/aromatic N) is 1. The van der Waals surface area contributed by atoms with Crippen LogP contribution >= 0.6 is 34.8 Å². The van der Waals surface area contributed by atoms with Crippen molar-refractivity contribution in [1.82, 2.24) is 4.98 Å². The van der Waals surface area contributed by atoms with Crippen molar-refractivity contribution in [2.75, 3.05) is 11.1 Å². The number of nitrogen functional groups attached to an aromatic ring is 1. The fraction of sp³-hybridized carbons (Fsp3) is 0.167. The molecule has 0 aliphatic carbocycles. The highest BCUT2D eigenvalue weighted by Crippen LogP contribution is 2.05. The van der Waals surface area contributed by atoms with Gasteiger partial charge in [0.15, 0.2) is 0 Å². The monoisotopic (exact) mass is 212 g/mol. The molecule has 0 bridgehead atoms. The number of alkyl halides is 2. The first-order valence-electron chi connectivity index (χ1n) is 2.69. The second kappa shape index (κ2) is 6.53. The van der Waals surface area contributed by atoms with Crippen molar-refractivity contribution in [3.63, 3.8) is 0 Å². The molecule has 1 heterocycles. The van der Waals surface area contributed by atoms with E-state index < -0.39 is 0 Å². The maximum atomic E-state index is 5.49. The lowest BCUT2D eigenvalue weighted by Gasteiger charge is -1.87. The molecule has 0 radical (unpaired) electrons. The van der Waals surface area contributed by atoms with E-state index in [1.54, 1.807) is 12.1 Å². The predicted molar refractivity (Wildman–Crippen MR) is 50.2 cm³/mol. The van der Waals surface area contributed by atoms with E-state index in [0.717, 1.165) is 0 Å². The quantitative estimate of drug-likeness (QED) is 0.673. The summed E-state index contributed by atoms with van der Waals surface area (Å²) >= 11 is 15.0. The second-order valence-electron chi connectivity index (χ2n) is 1.50. The summed E-state index contributed by atoms with van der Waals surface area (Å²) in [7, 11) is 0. The summed E-state index contributed by atoms with van der Waals surface area (Å²) in [4.78, 5) is 3.72. The van der Waals surface area contributed by atoms with Gasteiger partial charge in [-0.3, -0.25) is 0 Å². The van der Waals surface area contributed by atoms with E-state index in [9.17, 15) is 0 Å². The van der Waals surface area contributed by atoms with Crippen LogP contribution in [0.5, 0.6) is 0 Å². The number of anilines is 1. The average molecular weight is 213 g/mol. The minimum absolute atomic E-state index is 0.194. The molecule has 0 spiro atoms. The molecule has 62 valence electrons. The van der Waals surface area contributed by atoms with E-state index in [2.05, 4.69) is 4.98 Å². The molecule has 0 aliphatic rings. The minimum Gasteiger partial charge on any atom is -0.384 e. The van der Waals surface area contributed by atoms with Gasteiger partial charge in [0.2, 0.25) is 0 Å². The van der Waals surface area contributed by atoms with Crippen molar-refractivity contribution in [3.8, 4) is 0 Å². The highest BCUT2D eigenvalue weighted by Gasteiger charge is 1.83. The zero-order valence-electron chi connectivity index (χ0n) is 5.60. The molecule has 1 aromatic rings. The molecule has 2 nitrogen and oxygen atoms in total. The van der Waals surface area contributed by atoms with Gasteiger partial charge in [0, 0.05) is 6.20 Å². The standard InChI is InChI=1S/C5H5ClN2.CH2Cl2/c6-4-1-2-5(7)8-3-4;2-1-3/h1-3H,(H2,7,8);1H2. The van der Waals surface area contributed by atoms with Crippen molar-refractivity contribution in [3.05, 3.63) is 23.4 Å². The summed E-state index contributed by atoms with van der Waals surface area (Å²) in [6.45, 7) is 0. The Bertz CT molecular complexity index is 167. The maximum Gasteiger partial charge on any atom is 0.123 e. The molecule has 1 rings (SSSR count). The fourth-order valence-corrected chi connectivity index (χ4v) is 0.499. The lowest BCUT2D eigenvalue weighted by Crippen LogP contribution is -1.86. The zero-order valence-corrected chi connectivity index (χ0v) is 7.87. The van der Waals surface area contributed by atoms with Crippen molar-refractivity contribution >= 4 is 40.6 Å². The van der Waals surface area contributed by atoms with Crippen molar-refractivity contribution in [1.29, 1.82) is 0 Å². The van der Waals surface area contributed by atoms with Gasteiger partial charge in [0.05, 0.1) is 10.4 Å². The Morgan fingerprint density at radius 3 is 2.18 bits per heavy atom. The number of hydrogen-bond donors (Lipinski definition) is 1. The molecule has 0 saturated heterocycles. The number of pyridine rings is 1. The molecule has 0 fully saturated rings. The van der Waals surface area contributed by atoms with Gasteiger partial charge in [-0.25, -0.2) is 4.98 Å². The zero-order chi connectivity index (χ0) is 8.69. The van der Waals surface area contributed by atoms with Crippen molar-refractivity contribution in [2.45, 2.75) is 0 Å². The largest absolute Gasteiger partial charge is 0.384 e. The van der Waals surface area contributed by atoms with Gasteiger partial charge in [-0.05, 0) is 12.1 Å². The number of aromatic nitrogens is 1. The van der Waals surface area contributed by atoms with Gasteiger partial charge in [-0.1, -0.05) is 11.6 Å². The molecule has 0 atom stereocenters. The van der Waals surface area contributed by atoms with E-state index in [-0.39, 0.29) is 5.34 Å². The lowest BCUT2D eigenvalue weighted by atomic mass is 10.5. The third kappa shape index (κ3) is 6.23. The molecule has 11 heavy (non-hydrogen) atoms. The molecular formula is C6H7Cl3N2. The Balaban J connectivity index is 0.000000292. The molecule has 0 unspecified atom stereocenters. The van der Waals surface area contributed by atoms with Crippen LogP contribution < -0.4 is 5.73 Å². The molecule has 5 heteroatoms. The van der Waals surface area contributed by atoms with E-state index in [1.165, 1.54) is 6.20 Å². The van der Waals surface area contributed by atoms with Crippen LogP contribution in [0.2, 0.25) is 5.02 Å². The van der Waals surface area contributed by atoms with Crippen LogP contribution in [0.15, 0.2) is 18.3 Å². The summed E-state index contributed by atoms with van der Waals surface area (Å²) in [5, 5.41) is 0.805. The Labute approximate surface area is 80.3 Å². The van der Waals surface area contributed by atoms with Gasteiger partial charge >= 0.3 is 0 Å². The first kappa shape index (κ1) is 10.8. The van der Waals surface area contributed by atoms with E-state index in [1.807, 2.05) is 0 Å². The SMILES string of the molecule is ClCCl.Nc1ccc(Cl)cn1. The van der Waals surface area contributed by atoms with Crippen LogP contribution in [-0.2, 0) is 0 Å². The molecule has 2 N–H and O–H groups in total. The Morgan fingerprint density at radius 1 is 1.36 bits per heavy atom. The van der Waals surface area contributed by atoms with Crippen LogP contribution in [0.3, 0.4) is 0 Å². The minimum atomic E-state index is 0.194. The molecule has 0 amide bonds. The molecular weight excluding hydrogens is 206 g/mol. The van der Waals surface area contributed by atoms with E-state index >= 15 is 0 Å². The van der Waals surface area contributed by atoms with Crippen molar-refractivity contribution < 1.29 is 0 Å². The topological polar surface area (TPSA) is 38.9 Å². The van der Waals surface area contributed by atoms with Gasteiger partial charge in [-0.15, -0.1) is 23.2 Å². The fourth-order valence-electron chi connectivity index (χ4n) is 0.387.